The molecule has 0 saturated heterocycles. The summed E-state index contributed by atoms with van der Waals surface area (Å²) in [7, 11) is 0. The lowest BCUT2D eigenvalue weighted by atomic mass is 10.4. The van der Waals surface area contributed by atoms with Crippen molar-refractivity contribution in [2.45, 2.75) is 13.1 Å². The van der Waals surface area contributed by atoms with Crippen molar-refractivity contribution in [3.63, 3.8) is 0 Å². The monoisotopic (exact) mass is 314 g/mol. The summed E-state index contributed by atoms with van der Waals surface area (Å²) in [5.74, 6) is 0. The van der Waals surface area contributed by atoms with Crippen LogP contribution in [0.5, 0.6) is 0 Å². The van der Waals surface area contributed by atoms with Gasteiger partial charge in [0.2, 0.25) is 0 Å². The number of hydrogen-bond acceptors (Lipinski definition) is 1. The van der Waals surface area contributed by atoms with Crippen molar-refractivity contribution in [1.29, 1.82) is 0 Å². The minimum Gasteiger partial charge on any atom is -1.00 e. The summed E-state index contributed by atoms with van der Waals surface area (Å²) in [6, 6.07) is 8.60. The van der Waals surface area contributed by atoms with Gasteiger partial charge in [0, 0.05) is 0 Å². The molecule has 78 valence electrons. The molecule has 15 heavy (non-hydrogen) atoms. The average molecular weight is 314 g/mol. The molecule has 5 heteroatoms. The van der Waals surface area contributed by atoms with Crippen molar-refractivity contribution in [2.75, 3.05) is 0 Å². The van der Waals surface area contributed by atoms with E-state index < -0.39 is 0 Å². The van der Waals surface area contributed by atoms with Gasteiger partial charge in [-0.2, -0.15) is 9.35 Å². The summed E-state index contributed by atoms with van der Waals surface area (Å²) in [6.07, 6.45) is 4.28. The number of nitrogens with one attached hydrogen (secondary N) is 1. The molecule has 0 aliphatic carbocycles. The van der Waals surface area contributed by atoms with Gasteiger partial charge in [-0.3, -0.25) is 0 Å². The average Bonchev–Trinajstić information content (AvgIpc) is 2.77. The topological polar surface area (TPSA) is 17.5 Å². The fraction of sp³-hybridized carbons (Fsp3) is 0.200. The van der Waals surface area contributed by atoms with Crippen LogP contribution in [-0.2, 0) is 13.1 Å². The molecular weight excluding hydrogens is 303 g/mol. The zero-order chi connectivity index (χ0) is 9.12. The van der Waals surface area contributed by atoms with Crippen LogP contribution in [0.4, 0.5) is 0 Å². The Morgan fingerprint density at radius 2 is 1.47 bits per heavy atom. The summed E-state index contributed by atoms with van der Waals surface area (Å²) in [4.78, 5) is 0. The lowest BCUT2D eigenvalue weighted by Gasteiger charge is -2.15. The molecule has 0 fully saturated rings. The largest absolute Gasteiger partial charge is 1.00 e. The molecule has 0 radical (unpaired) electrons. The highest BCUT2D eigenvalue weighted by Gasteiger charge is 2.39. The Hall–Kier alpha value is -0.790. The fourth-order valence-corrected chi connectivity index (χ4v) is 2.49. The van der Waals surface area contributed by atoms with Crippen LogP contribution in [0.2, 0.25) is 0 Å². The van der Waals surface area contributed by atoms with Crippen molar-refractivity contribution < 1.29 is 29.2 Å². The third-order valence-corrected chi connectivity index (χ3v) is 3.09. The predicted octanol–water partition coefficient (Wildman–Crippen LogP) is -3.35. The minimum atomic E-state index is 0. The maximum atomic E-state index is 2.41. The van der Waals surface area contributed by atoms with Crippen molar-refractivity contribution in [1.82, 2.24) is 14.4 Å². The second kappa shape index (κ2) is 3.10. The maximum absolute atomic E-state index is 2.41. The Bertz CT molecular complexity index is 457. The first-order valence-corrected chi connectivity index (χ1v) is 4.88. The Labute approximate surface area is 105 Å². The molecule has 0 spiro atoms. The molecule has 4 nitrogen and oxygen atoms in total. The highest BCUT2D eigenvalue weighted by Crippen LogP contribution is 2.15. The third-order valence-electron chi connectivity index (χ3n) is 3.09. The normalized spacial score (nSPS) is 18.4. The first kappa shape index (κ1) is 9.44. The Morgan fingerprint density at radius 1 is 0.933 bits per heavy atom. The van der Waals surface area contributed by atoms with Gasteiger partial charge >= 0.3 is 0 Å². The molecule has 0 unspecified atom stereocenters. The molecule has 0 atom stereocenters. The quantitative estimate of drug-likeness (QED) is 0.503. The molecular formula is C10H11IN4. The van der Waals surface area contributed by atoms with Crippen molar-refractivity contribution in [3.8, 4) is 0 Å². The van der Waals surface area contributed by atoms with Crippen LogP contribution in [0.15, 0.2) is 36.7 Å². The van der Waals surface area contributed by atoms with Crippen LogP contribution >= 0.6 is 0 Å². The summed E-state index contributed by atoms with van der Waals surface area (Å²) in [6.45, 7) is 2.09. The smallest absolute Gasteiger partial charge is 0.0989 e. The van der Waals surface area contributed by atoms with Gasteiger partial charge in [-0.15, -0.1) is 0 Å². The van der Waals surface area contributed by atoms with Crippen LogP contribution in [0.3, 0.4) is 0 Å². The number of hydrogen-bond donors (Lipinski definition) is 1. The molecule has 2 aromatic rings. The van der Waals surface area contributed by atoms with E-state index in [4.69, 9.17) is 0 Å². The number of rotatable bonds is 0. The van der Waals surface area contributed by atoms with E-state index in [1.165, 1.54) is 16.6 Å². The molecule has 0 bridgehead atoms. The van der Waals surface area contributed by atoms with E-state index in [0.717, 1.165) is 13.1 Å². The lowest BCUT2D eigenvalue weighted by Crippen LogP contribution is -3.18. The number of nitrogens with zero attached hydrogens (tertiary/aromatic N) is 3. The number of fused-ring (bicyclic) bond motifs is 5. The zero-order valence-corrected chi connectivity index (χ0v) is 10.3. The molecule has 0 amide bonds. The molecule has 0 aromatic carbocycles. The Balaban J connectivity index is 0.000000722. The van der Waals surface area contributed by atoms with Gasteiger partial charge in [0.1, 0.15) is 0 Å². The van der Waals surface area contributed by atoms with E-state index in [0.29, 0.717) is 0 Å². The van der Waals surface area contributed by atoms with Gasteiger partial charge in [-0.25, -0.2) is 0 Å². The van der Waals surface area contributed by atoms with E-state index in [2.05, 4.69) is 51.0 Å². The highest BCUT2D eigenvalue weighted by molar-refractivity contribution is 5.11. The number of quaternary nitrogens is 1. The highest BCUT2D eigenvalue weighted by atomic mass is 127. The second-order valence-electron chi connectivity index (χ2n) is 3.90. The minimum absolute atomic E-state index is 0. The van der Waals surface area contributed by atoms with Crippen LogP contribution in [-0.4, -0.2) is 14.4 Å². The SMILES string of the molecule is [I-].c1cc2n(c1)[NH+]1N(C2)Cc2cccn21. The number of aromatic nitrogens is 2. The van der Waals surface area contributed by atoms with Crippen molar-refractivity contribution in [2.24, 2.45) is 0 Å². The zero-order valence-electron chi connectivity index (χ0n) is 8.10. The van der Waals surface area contributed by atoms with Gasteiger partial charge in [0.15, 0.2) is 0 Å². The van der Waals surface area contributed by atoms with E-state index in [1.54, 1.807) is 0 Å². The molecule has 4 rings (SSSR count). The Kier molecular flexibility index (Phi) is 1.95. The van der Waals surface area contributed by atoms with Crippen molar-refractivity contribution >= 4 is 0 Å². The fourth-order valence-electron chi connectivity index (χ4n) is 2.49. The van der Waals surface area contributed by atoms with Gasteiger partial charge in [-0.05, 0) is 24.3 Å². The standard InChI is InChI=1S/C10H10N4.HI/c1-3-9-7-11-8-10-4-2-6-13(10)14(11)12(9)5-1;/h1-6H,7-8H2;1H. The predicted molar refractivity (Wildman–Crippen MR) is 49.9 cm³/mol. The van der Waals surface area contributed by atoms with Gasteiger partial charge in [0.05, 0.1) is 36.9 Å². The van der Waals surface area contributed by atoms with Gasteiger partial charge in [0.25, 0.3) is 0 Å². The van der Waals surface area contributed by atoms with Crippen molar-refractivity contribution in [3.05, 3.63) is 48.0 Å². The maximum Gasteiger partial charge on any atom is 0.0989 e. The molecule has 1 N–H and O–H groups in total. The van der Waals surface area contributed by atoms with Crippen LogP contribution in [0.25, 0.3) is 0 Å². The molecule has 2 aliphatic rings. The molecule has 0 saturated carbocycles. The van der Waals surface area contributed by atoms with Crippen LogP contribution in [0.1, 0.15) is 11.4 Å². The third kappa shape index (κ3) is 1.08. The van der Waals surface area contributed by atoms with E-state index in [-0.39, 0.29) is 24.0 Å². The second-order valence-corrected chi connectivity index (χ2v) is 3.90. The van der Waals surface area contributed by atoms with Gasteiger partial charge in [-0.1, -0.05) is 10.2 Å². The molecule has 2 aliphatic heterocycles. The summed E-state index contributed by atoms with van der Waals surface area (Å²) in [5.41, 5.74) is 2.78. The van der Waals surface area contributed by atoms with E-state index >= 15 is 0 Å². The van der Waals surface area contributed by atoms with Crippen LogP contribution < -0.4 is 29.2 Å². The first-order valence-electron chi connectivity index (χ1n) is 4.88. The molecule has 4 heterocycles. The summed E-state index contributed by atoms with van der Waals surface area (Å²) in [5, 5.41) is 3.70. The summed E-state index contributed by atoms with van der Waals surface area (Å²) < 4.78 is 4.55. The first-order chi connectivity index (χ1) is 6.93. The Morgan fingerprint density at radius 3 is 2.00 bits per heavy atom. The van der Waals surface area contributed by atoms with Gasteiger partial charge < -0.3 is 24.0 Å². The number of halogens is 1. The molecule has 2 aromatic heterocycles. The van der Waals surface area contributed by atoms with Crippen LogP contribution in [0, 0.1) is 0 Å². The van der Waals surface area contributed by atoms with E-state index in [1.807, 2.05) is 0 Å². The lowest BCUT2D eigenvalue weighted by molar-refractivity contribution is -1.07. The van der Waals surface area contributed by atoms with E-state index in [9.17, 15) is 0 Å². The summed E-state index contributed by atoms with van der Waals surface area (Å²) >= 11 is 0.